The highest BCUT2D eigenvalue weighted by Crippen LogP contribution is 2.46. The van der Waals surface area contributed by atoms with Crippen LogP contribution in [0.5, 0.6) is 0 Å². The van der Waals surface area contributed by atoms with Gasteiger partial charge in [-0.2, -0.15) is 0 Å². The molecule has 3 fully saturated rings. The van der Waals surface area contributed by atoms with Crippen LogP contribution in [0.15, 0.2) is 0 Å². The quantitative estimate of drug-likeness (QED) is 0.0267. The summed E-state index contributed by atoms with van der Waals surface area (Å²) in [5, 5.41) is 89.2. The van der Waals surface area contributed by atoms with E-state index in [4.69, 9.17) is 154 Å². The fourth-order valence-corrected chi connectivity index (χ4v) is 14.1. The molecule has 3 aliphatic rings. The highest BCUT2D eigenvalue weighted by molar-refractivity contribution is 8.08. The van der Waals surface area contributed by atoms with Gasteiger partial charge in [-0.05, 0) is 85.8 Å². The third kappa shape index (κ3) is 41.6. The Bertz CT molecular complexity index is 2100. The number of hydrogen-bond acceptors (Lipinski definition) is 36. The van der Waals surface area contributed by atoms with Crippen LogP contribution < -0.4 is 0 Å². The van der Waals surface area contributed by atoms with Crippen LogP contribution in [0.1, 0.15) is 59.3 Å². The molecule has 0 aromatic rings. The second kappa shape index (κ2) is 55.6. The minimum atomic E-state index is -3.67. The summed E-state index contributed by atoms with van der Waals surface area (Å²) in [5.74, 6) is -1.38. The normalized spacial score (nSPS) is 28.7. The first-order valence-electron chi connectivity index (χ1n) is 33.9. The lowest BCUT2D eigenvalue weighted by atomic mass is 9.86. The van der Waals surface area contributed by atoms with E-state index in [-0.39, 0.29) is 216 Å². The van der Waals surface area contributed by atoms with Gasteiger partial charge in [-0.15, -0.1) is 0 Å². The Morgan fingerprint density at radius 2 is 0.569 bits per heavy atom. The Morgan fingerprint density at radius 1 is 0.304 bits per heavy atom. The van der Waals surface area contributed by atoms with E-state index in [9.17, 15) is 65.5 Å². The molecule has 3 rings (SSSR count). The first-order valence-corrected chi connectivity index (χ1v) is 44.3. The van der Waals surface area contributed by atoms with E-state index in [1.807, 2.05) is 0 Å². The molecular formula is C58H116O36P4S4. The topological polar surface area (TPSA) is 475 Å². The summed E-state index contributed by atoms with van der Waals surface area (Å²) < 4.78 is 129. The smallest absolute Gasteiger partial charge is 0.324 e. The maximum atomic E-state index is 10.7. The molecule has 0 amide bonds. The van der Waals surface area contributed by atoms with E-state index < -0.39 is 131 Å². The molecule has 0 aromatic heterocycles. The van der Waals surface area contributed by atoms with Crippen LogP contribution >= 0.6 is 26.9 Å². The largest absolute Gasteiger partial charge is 0.394 e. The highest BCUT2D eigenvalue weighted by atomic mass is 32.5. The third-order valence-corrected chi connectivity index (χ3v) is 22.4. The molecule has 3 heterocycles. The Hall–Kier alpha value is 1.16. The van der Waals surface area contributed by atoms with Crippen molar-refractivity contribution in [3.8, 4) is 0 Å². The first-order chi connectivity index (χ1) is 48.7. The summed E-state index contributed by atoms with van der Waals surface area (Å²) in [7, 11) is 1.25. The number of ether oxygens (including phenoxy) is 15. The molecule has 0 aromatic carbocycles. The molecular weight excluding hydrogens is 1520 g/mol. The molecule has 102 heavy (non-hydrogen) atoms. The number of rotatable bonds is 65. The van der Waals surface area contributed by atoms with E-state index in [1.54, 1.807) is 20.8 Å². The SMILES string of the molecule is COP(O)(=S)OCCCOCC(COCCCOP(O)(=S)OCCOCCOCCC[C@@H]1OC(CO)[C@H](O)C(O)[C@@H]1C)(COCCCOP(O)(=S)OCCOCCOCCO[C@@H]1OC(CO)[C@H](O)[C@H](O)C1C)COCCCOP(O)(=S)OCCOCCOCCO[C@@H]1OC(CO)[C@H](O)C(O)[C@@H]1C. The van der Waals surface area contributed by atoms with E-state index in [0.29, 0.717) is 25.9 Å². The molecule has 44 heteroatoms. The van der Waals surface area contributed by atoms with Crippen molar-refractivity contribution in [2.75, 3.05) is 219 Å². The van der Waals surface area contributed by atoms with Crippen molar-refractivity contribution >= 4 is 74.1 Å². The van der Waals surface area contributed by atoms with Crippen molar-refractivity contribution in [1.82, 2.24) is 0 Å². The lowest BCUT2D eigenvalue weighted by molar-refractivity contribution is -0.284. The van der Waals surface area contributed by atoms with Crippen molar-refractivity contribution in [3.05, 3.63) is 0 Å². The second-order valence-electron chi connectivity index (χ2n) is 23.9. The van der Waals surface area contributed by atoms with Crippen LogP contribution in [-0.2, 0) is 154 Å². The van der Waals surface area contributed by atoms with Crippen LogP contribution in [0.3, 0.4) is 0 Å². The first kappa shape index (κ1) is 97.4. The van der Waals surface area contributed by atoms with E-state index in [2.05, 4.69) is 0 Å². The van der Waals surface area contributed by atoms with Crippen LogP contribution in [0.25, 0.3) is 0 Å². The summed E-state index contributed by atoms with van der Waals surface area (Å²) in [6.45, 7) is -7.82. The third-order valence-electron chi connectivity index (χ3n) is 15.7. The fraction of sp³-hybridized carbons (Fsp3) is 1.00. The van der Waals surface area contributed by atoms with Crippen molar-refractivity contribution in [2.24, 2.45) is 23.2 Å². The summed E-state index contributed by atoms with van der Waals surface area (Å²) >= 11 is 20.5. The monoisotopic (exact) mass is 1640 g/mol. The van der Waals surface area contributed by atoms with Gasteiger partial charge in [0, 0.05) is 57.9 Å². The van der Waals surface area contributed by atoms with Crippen LogP contribution in [0.4, 0.5) is 0 Å². The number of aliphatic hydroxyl groups excluding tert-OH is 9. The van der Waals surface area contributed by atoms with E-state index in [1.165, 1.54) is 7.11 Å². The van der Waals surface area contributed by atoms with Crippen LogP contribution in [-0.4, -0.2) is 358 Å². The van der Waals surface area contributed by atoms with E-state index >= 15 is 0 Å². The van der Waals surface area contributed by atoms with Crippen LogP contribution in [0, 0.1) is 23.2 Å². The van der Waals surface area contributed by atoms with Gasteiger partial charge >= 0.3 is 26.9 Å². The molecule has 20 atom stereocenters. The summed E-state index contributed by atoms with van der Waals surface area (Å²) in [4.78, 5) is 42.2. The Kier molecular flexibility index (Phi) is 53.0. The van der Waals surface area contributed by atoms with Crippen molar-refractivity contribution < 1.29 is 173 Å². The van der Waals surface area contributed by atoms with Gasteiger partial charge in [0.2, 0.25) is 0 Å². The molecule has 0 saturated carbocycles. The summed E-state index contributed by atoms with van der Waals surface area (Å²) in [6, 6.07) is 0. The molecule has 36 nitrogen and oxygen atoms in total. The Labute approximate surface area is 618 Å². The Balaban J connectivity index is 1.45. The predicted molar refractivity (Wildman–Crippen MR) is 376 cm³/mol. The summed E-state index contributed by atoms with van der Waals surface area (Å²) in [5.41, 5.74) is -0.988. The molecule has 0 bridgehead atoms. The van der Waals surface area contributed by atoms with Crippen molar-refractivity contribution in [2.45, 2.75) is 133 Å². The van der Waals surface area contributed by atoms with Gasteiger partial charge in [0.1, 0.15) is 36.6 Å². The lowest BCUT2D eigenvalue weighted by Gasteiger charge is -2.41. The minimum Gasteiger partial charge on any atom is -0.394 e. The molecule has 0 aliphatic carbocycles. The standard InChI is InChI=1S/C58H116O36P4S4/c1-43-46(92-47(36-59)53(65)50(43)62)10-5-11-73-20-21-76-28-33-89-96(69,100)86-17-7-13-80-40-58(39-79-12-6-16-85-95(68,99)72-4,41-81-14-8-18-87-97(70,101)90-34-29-77-24-22-74-26-31-83-56-44(2)51(63)54(66)48(37-60)93-56)42-82-15-9-19-88-98(71,102)91-35-30-78-25-23-75-27-32-84-57-45(3)52(64)55(67)49(38-61)94-57/h43-57,59-67H,5-42H2,1-4H3,(H,68,99)(H,69,100)(H,70,101)(H,71,102)/t43-,44+,45?,46+,47?,48?,49?,50?,51?,52-,53+,54+,55+,56-,57-,58?,95?,96?,97?,98?/m1/s1. The second-order valence-corrected chi connectivity index (χ2v) is 35.4. The van der Waals surface area contributed by atoms with Gasteiger partial charge in [-0.3, -0.25) is 0 Å². The fourth-order valence-electron chi connectivity index (χ4n) is 9.85. The van der Waals surface area contributed by atoms with Gasteiger partial charge in [0.05, 0.1) is 208 Å². The average Bonchev–Trinajstić information content (AvgIpc) is 0.821. The molecule has 0 radical (unpaired) electrons. The highest BCUT2D eigenvalue weighted by Gasteiger charge is 2.45. The molecule has 3 saturated heterocycles. The van der Waals surface area contributed by atoms with Gasteiger partial charge < -0.3 is 173 Å². The van der Waals surface area contributed by atoms with Gasteiger partial charge in [-0.1, -0.05) is 20.8 Å². The molecule has 608 valence electrons. The molecule has 13 N–H and O–H groups in total. The maximum absolute atomic E-state index is 10.7. The van der Waals surface area contributed by atoms with E-state index in [0.717, 1.165) is 0 Å². The van der Waals surface area contributed by atoms with Crippen molar-refractivity contribution in [1.29, 1.82) is 0 Å². The Morgan fingerprint density at radius 3 is 0.892 bits per heavy atom. The van der Waals surface area contributed by atoms with Crippen molar-refractivity contribution in [3.63, 3.8) is 0 Å². The predicted octanol–water partition coefficient (Wildman–Crippen LogP) is -0.590. The number of hydrogen-bond donors (Lipinski definition) is 13. The maximum Gasteiger partial charge on any atom is 0.324 e. The zero-order chi connectivity index (χ0) is 75.3. The van der Waals surface area contributed by atoms with Gasteiger partial charge in [0.15, 0.2) is 12.6 Å². The average molecular weight is 1640 g/mol. The zero-order valence-electron chi connectivity index (χ0n) is 58.7. The van der Waals surface area contributed by atoms with Gasteiger partial charge in [-0.25, -0.2) is 0 Å². The lowest BCUT2D eigenvalue weighted by Crippen LogP contribution is -2.55. The zero-order valence-corrected chi connectivity index (χ0v) is 65.5. The number of aliphatic hydroxyl groups is 9. The summed E-state index contributed by atoms with van der Waals surface area (Å²) in [6.07, 6.45) is -9.34. The molecule has 0 spiro atoms. The van der Waals surface area contributed by atoms with Gasteiger partial charge in [0.25, 0.3) is 0 Å². The van der Waals surface area contributed by atoms with Crippen LogP contribution in [0.2, 0.25) is 0 Å². The minimum absolute atomic E-state index is 0.0108. The molecule has 3 aliphatic heterocycles. The molecule has 11 unspecified atom stereocenters.